The number of carboxylic acids is 1. The molecular formula is C12H19N3O3. The highest BCUT2D eigenvalue weighted by Crippen LogP contribution is 2.16. The lowest BCUT2D eigenvalue weighted by molar-refractivity contribution is 0.0685. The van der Waals surface area contributed by atoms with E-state index < -0.39 is 5.97 Å². The van der Waals surface area contributed by atoms with Crippen LogP contribution in [0.4, 0.5) is 0 Å². The first-order valence-corrected chi connectivity index (χ1v) is 6.18. The molecule has 2 rings (SSSR count). The summed E-state index contributed by atoms with van der Waals surface area (Å²) >= 11 is 0. The lowest BCUT2D eigenvalue weighted by Crippen LogP contribution is -2.45. The fraction of sp³-hybridized carbons (Fsp3) is 0.667. The Bertz CT molecular complexity index is 418. The number of nitrogens with zero attached hydrogens (tertiary/aromatic N) is 2. The number of aromatic nitrogens is 1. The molecule has 100 valence electrons. The van der Waals surface area contributed by atoms with E-state index in [4.69, 9.17) is 9.63 Å². The van der Waals surface area contributed by atoms with Crippen molar-refractivity contribution in [1.29, 1.82) is 0 Å². The van der Waals surface area contributed by atoms with Gasteiger partial charge in [0.2, 0.25) is 0 Å². The molecule has 0 saturated carbocycles. The van der Waals surface area contributed by atoms with Gasteiger partial charge >= 0.3 is 5.97 Å². The van der Waals surface area contributed by atoms with E-state index in [-0.39, 0.29) is 5.69 Å². The van der Waals surface area contributed by atoms with E-state index in [1.807, 2.05) is 0 Å². The van der Waals surface area contributed by atoms with Gasteiger partial charge in [0.1, 0.15) is 0 Å². The van der Waals surface area contributed by atoms with Gasteiger partial charge in [0, 0.05) is 18.2 Å². The van der Waals surface area contributed by atoms with Crippen LogP contribution in [0.1, 0.15) is 36.0 Å². The first kappa shape index (κ1) is 13.0. The molecule has 6 heteroatoms. The van der Waals surface area contributed by atoms with E-state index >= 15 is 0 Å². The van der Waals surface area contributed by atoms with Gasteiger partial charge in [-0.3, -0.25) is 0 Å². The zero-order chi connectivity index (χ0) is 13.1. The van der Waals surface area contributed by atoms with Crippen molar-refractivity contribution >= 4 is 5.97 Å². The summed E-state index contributed by atoms with van der Waals surface area (Å²) in [7, 11) is 2.14. The minimum absolute atomic E-state index is 0.0384. The Morgan fingerprint density at radius 1 is 1.72 bits per heavy atom. The van der Waals surface area contributed by atoms with Gasteiger partial charge in [0.25, 0.3) is 0 Å². The van der Waals surface area contributed by atoms with Crippen molar-refractivity contribution in [3.8, 4) is 0 Å². The Balaban J connectivity index is 1.82. The van der Waals surface area contributed by atoms with E-state index in [9.17, 15) is 4.79 Å². The van der Waals surface area contributed by atoms with Gasteiger partial charge in [-0.2, -0.15) is 0 Å². The molecule has 2 N–H and O–H groups in total. The van der Waals surface area contributed by atoms with Crippen LogP contribution in [0, 0.1) is 0 Å². The van der Waals surface area contributed by atoms with Crippen LogP contribution >= 0.6 is 0 Å². The van der Waals surface area contributed by atoms with Gasteiger partial charge in [-0.05, 0) is 33.4 Å². The van der Waals surface area contributed by atoms with Crippen LogP contribution in [0.3, 0.4) is 0 Å². The highest BCUT2D eigenvalue weighted by molar-refractivity contribution is 5.85. The zero-order valence-electron chi connectivity index (χ0n) is 10.7. The number of hydrogen-bond acceptors (Lipinski definition) is 5. The smallest absolute Gasteiger partial charge is 0.358 e. The van der Waals surface area contributed by atoms with E-state index in [0.717, 1.165) is 19.4 Å². The van der Waals surface area contributed by atoms with Gasteiger partial charge in [-0.15, -0.1) is 0 Å². The van der Waals surface area contributed by atoms with Gasteiger partial charge < -0.3 is 19.8 Å². The third-order valence-electron chi connectivity index (χ3n) is 3.55. The summed E-state index contributed by atoms with van der Waals surface area (Å²) in [5, 5.41) is 15.6. The summed E-state index contributed by atoms with van der Waals surface area (Å²) in [4.78, 5) is 13.0. The van der Waals surface area contributed by atoms with Crippen LogP contribution in [0.25, 0.3) is 0 Å². The first-order chi connectivity index (χ1) is 8.56. The summed E-state index contributed by atoms with van der Waals surface area (Å²) in [6, 6.07) is 2.49. The normalized spacial score (nSPS) is 25.2. The van der Waals surface area contributed by atoms with E-state index in [0.29, 0.717) is 24.4 Å². The summed E-state index contributed by atoms with van der Waals surface area (Å²) in [6.45, 7) is 3.82. The molecule has 1 fully saturated rings. The highest BCUT2D eigenvalue weighted by Gasteiger charge is 2.22. The number of rotatable bonds is 4. The molecule has 2 atom stereocenters. The van der Waals surface area contributed by atoms with Gasteiger partial charge in [0.05, 0.1) is 6.54 Å². The van der Waals surface area contributed by atoms with Crippen LogP contribution in [-0.4, -0.2) is 46.8 Å². The molecule has 0 spiro atoms. The maximum atomic E-state index is 10.7. The molecule has 0 aliphatic carbocycles. The van der Waals surface area contributed by atoms with E-state index in [1.54, 1.807) is 0 Å². The van der Waals surface area contributed by atoms with Crippen LogP contribution in [0.5, 0.6) is 0 Å². The molecule has 1 aliphatic rings. The number of carbonyl (C=O) groups is 1. The fourth-order valence-electron chi connectivity index (χ4n) is 2.22. The topological polar surface area (TPSA) is 78.6 Å². The minimum atomic E-state index is -1.06. The predicted molar refractivity (Wildman–Crippen MR) is 65.4 cm³/mol. The summed E-state index contributed by atoms with van der Waals surface area (Å²) < 4.78 is 4.96. The Labute approximate surface area is 106 Å². The molecule has 2 unspecified atom stereocenters. The second-order valence-corrected chi connectivity index (χ2v) is 4.92. The van der Waals surface area contributed by atoms with Gasteiger partial charge in [0.15, 0.2) is 11.5 Å². The van der Waals surface area contributed by atoms with Gasteiger partial charge in [-0.1, -0.05) is 5.16 Å². The number of likely N-dealkylation sites (tertiary alicyclic amines) is 1. The number of aromatic carboxylic acids is 1. The number of hydrogen-bond donors (Lipinski definition) is 2. The Morgan fingerprint density at radius 3 is 3.11 bits per heavy atom. The first-order valence-electron chi connectivity index (χ1n) is 6.18. The second kappa shape index (κ2) is 5.49. The van der Waals surface area contributed by atoms with Crippen molar-refractivity contribution in [1.82, 2.24) is 15.4 Å². The third-order valence-corrected chi connectivity index (χ3v) is 3.55. The number of piperidine rings is 1. The van der Waals surface area contributed by atoms with Crippen molar-refractivity contribution in [2.24, 2.45) is 0 Å². The SMILES string of the molecule is CC1CC(NCc2cc(C(=O)O)no2)CCN1C. The highest BCUT2D eigenvalue weighted by atomic mass is 16.5. The van der Waals surface area contributed by atoms with Crippen LogP contribution in [0.15, 0.2) is 10.6 Å². The molecule has 1 aliphatic heterocycles. The Hall–Kier alpha value is -1.40. The summed E-state index contributed by atoms with van der Waals surface area (Å²) in [6.07, 6.45) is 2.19. The van der Waals surface area contributed by atoms with Crippen LogP contribution in [-0.2, 0) is 6.54 Å². The average Bonchev–Trinajstić information content (AvgIpc) is 2.79. The molecule has 2 heterocycles. The van der Waals surface area contributed by atoms with E-state index in [1.165, 1.54) is 6.07 Å². The predicted octanol–water partition coefficient (Wildman–Crippen LogP) is 0.945. The number of carboxylic acid groups (broad SMARTS) is 1. The van der Waals surface area contributed by atoms with Crippen molar-refractivity contribution in [3.05, 3.63) is 17.5 Å². The molecule has 18 heavy (non-hydrogen) atoms. The van der Waals surface area contributed by atoms with Crippen LogP contribution < -0.4 is 5.32 Å². The monoisotopic (exact) mass is 253 g/mol. The molecule has 0 bridgehead atoms. The van der Waals surface area contributed by atoms with Crippen molar-refractivity contribution in [2.45, 2.75) is 38.4 Å². The van der Waals surface area contributed by atoms with Crippen molar-refractivity contribution in [2.75, 3.05) is 13.6 Å². The summed E-state index contributed by atoms with van der Waals surface area (Å²) in [5.74, 6) is -0.489. The maximum absolute atomic E-state index is 10.7. The molecule has 0 amide bonds. The van der Waals surface area contributed by atoms with E-state index in [2.05, 4.69) is 29.3 Å². The lowest BCUT2D eigenvalue weighted by atomic mass is 9.99. The Morgan fingerprint density at radius 2 is 2.50 bits per heavy atom. The molecule has 1 aromatic rings. The molecule has 0 radical (unpaired) electrons. The maximum Gasteiger partial charge on any atom is 0.358 e. The standard InChI is InChI=1S/C12H19N3O3/c1-8-5-9(3-4-15(8)2)13-7-10-6-11(12(16)17)14-18-10/h6,8-9,13H,3-5,7H2,1-2H3,(H,16,17). The molecule has 0 aromatic carbocycles. The average molecular weight is 253 g/mol. The molecule has 6 nitrogen and oxygen atoms in total. The molecule has 1 aromatic heterocycles. The van der Waals surface area contributed by atoms with Crippen molar-refractivity contribution in [3.63, 3.8) is 0 Å². The largest absolute Gasteiger partial charge is 0.476 e. The quantitative estimate of drug-likeness (QED) is 0.831. The third kappa shape index (κ3) is 3.08. The molecule has 1 saturated heterocycles. The van der Waals surface area contributed by atoms with Crippen LogP contribution in [0.2, 0.25) is 0 Å². The molecular weight excluding hydrogens is 234 g/mol. The second-order valence-electron chi connectivity index (χ2n) is 4.92. The zero-order valence-corrected chi connectivity index (χ0v) is 10.7. The van der Waals surface area contributed by atoms with Crippen molar-refractivity contribution < 1.29 is 14.4 Å². The number of nitrogens with one attached hydrogen (secondary N) is 1. The minimum Gasteiger partial charge on any atom is -0.476 e. The summed E-state index contributed by atoms with van der Waals surface area (Å²) in [5.41, 5.74) is -0.0384. The van der Waals surface area contributed by atoms with Gasteiger partial charge in [-0.25, -0.2) is 4.79 Å². The Kier molecular flexibility index (Phi) is 3.98. The lowest BCUT2D eigenvalue weighted by Gasteiger charge is -2.35. The fourth-order valence-corrected chi connectivity index (χ4v) is 2.22.